The molecule has 104 valence electrons. The maximum absolute atomic E-state index is 6.26. The van der Waals surface area contributed by atoms with Crippen molar-refractivity contribution in [3.8, 4) is 0 Å². The van der Waals surface area contributed by atoms with Crippen molar-refractivity contribution in [3.63, 3.8) is 0 Å². The Kier molecular flexibility index (Phi) is 2.42. The molecule has 0 unspecified atom stereocenters. The number of halogens is 1. The van der Waals surface area contributed by atoms with Gasteiger partial charge in [-0.1, -0.05) is 60.7 Å². The van der Waals surface area contributed by atoms with Gasteiger partial charge in [-0.25, -0.2) is 0 Å². The van der Waals surface area contributed by atoms with Crippen molar-refractivity contribution in [2.75, 3.05) is 0 Å². The molecule has 0 atom stereocenters. The maximum atomic E-state index is 6.26. The summed E-state index contributed by atoms with van der Waals surface area (Å²) in [6, 6.07) is 23.2. The maximum Gasteiger partial charge on any atom is 0.149 e. The predicted octanol–water partition coefficient (Wildman–Crippen LogP) is 6.65. The number of benzene rings is 4. The molecule has 5 aromatic rings. The van der Waals surface area contributed by atoms with Gasteiger partial charge in [0.15, 0.2) is 0 Å². The second kappa shape index (κ2) is 4.34. The van der Waals surface area contributed by atoms with Gasteiger partial charge in [0.2, 0.25) is 0 Å². The molecule has 4 aromatic carbocycles. The second-order valence-corrected chi connectivity index (χ2v) is 6.37. The molecule has 1 aromatic heterocycles. The summed E-state index contributed by atoms with van der Waals surface area (Å²) in [6.07, 6.45) is 0. The summed E-state index contributed by atoms with van der Waals surface area (Å²) >= 11 is 3.61. The van der Waals surface area contributed by atoms with E-state index in [4.69, 9.17) is 4.42 Å². The van der Waals surface area contributed by atoms with Crippen molar-refractivity contribution in [1.82, 2.24) is 0 Å². The molecule has 2 heteroatoms. The van der Waals surface area contributed by atoms with Crippen molar-refractivity contribution in [2.45, 2.75) is 0 Å². The van der Waals surface area contributed by atoms with Gasteiger partial charge in [-0.3, -0.25) is 0 Å². The molecule has 0 bridgehead atoms. The number of hydrogen-bond acceptors (Lipinski definition) is 1. The van der Waals surface area contributed by atoms with Gasteiger partial charge in [0, 0.05) is 16.2 Å². The fraction of sp³-hybridized carbons (Fsp3) is 0. The lowest BCUT2D eigenvalue weighted by Gasteiger charge is -2.05. The molecular weight excluding hydrogens is 336 g/mol. The number of para-hydroxylation sites is 1. The monoisotopic (exact) mass is 346 g/mol. The van der Waals surface area contributed by atoms with Crippen LogP contribution in [0.1, 0.15) is 0 Å². The van der Waals surface area contributed by atoms with Crippen molar-refractivity contribution in [3.05, 3.63) is 71.2 Å². The highest BCUT2D eigenvalue weighted by Crippen LogP contribution is 2.42. The SMILES string of the molecule is Brc1cccc2c1oc1c3ccccc3c3ccccc3c21. The minimum Gasteiger partial charge on any atom is -0.454 e. The minimum atomic E-state index is 0.916. The van der Waals surface area contributed by atoms with E-state index < -0.39 is 0 Å². The van der Waals surface area contributed by atoms with Gasteiger partial charge in [0.1, 0.15) is 11.2 Å². The first-order chi connectivity index (χ1) is 10.8. The van der Waals surface area contributed by atoms with Crippen LogP contribution in [0.2, 0.25) is 0 Å². The Bertz CT molecular complexity index is 1180. The third-order valence-electron chi connectivity index (χ3n) is 4.33. The van der Waals surface area contributed by atoms with Crippen molar-refractivity contribution < 1.29 is 4.42 Å². The molecule has 0 fully saturated rings. The van der Waals surface area contributed by atoms with E-state index in [1.54, 1.807) is 0 Å². The average Bonchev–Trinajstić information content (AvgIpc) is 2.97. The summed E-state index contributed by atoms with van der Waals surface area (Å²) in [5.41, 5.74) is 1.88. The molecule has 0 aliphatic rings. The Morgan fingerprint density at radius 2 is 1.14 bits per heavy atom. The van der Waals surface area contributed by atoms with Crippen LogP contribution < -0.4 is 0 Å². The van der Waals surface area contributed by atoms with E-state index in [2.05, 4.69) is 76.6 Å². The van der Waals surface area contributed by atoms with E-state index in [0.29, 0.717) is 0 Å². The largest absolute Gasteiger partial charge is 0.454 e. The standard InChI is InChI=1S/C20H11BrO/c21-17-11-5-10-16-18-14-8-3-1-6-12(14)13-7-2-4-9-15(13)20(18)22-19(16)17/h1-11H. The number of furan rings is 1. The summed E-state index contributed by atoms with van der Waals surface area (Å²) in [6.45, 7) is 0. The van der Waals surface area contributed by atoms with Crippen LogP contribution in [0.25, 0.3) is 43.5 Å². The molecule has 1 heterocycles. The molecular formula is C20H11BrO. The molecule has 0 saturated heterocycles. The van der Waals surface area contributed by atoms with E-state index >= 15 is 0 Å². The van der Waals surface area contributed by atoms with E-state index in [0.717, 1.165) is 21.0 Å². The molecule has 22 heavy (non-hydrogen) atoms. The zero-order valence-electron chi connectivity index (χ0n) is 11.6. The Labute approximate surface area is 135 Å². The summed E-state index contributed by atoms with van der Waals surface area (Å²) < 4.78 is 7.25. The summed E-state index contributed by atoms with van der Waals surface area (Å²) in [7, 11) is 0. The third-order valence-corrected chi connectivity index (χ3v) is 4.95. The fourth-order valence-electron chi connectivity index (χ4n) is 3.39. The number of hydrogen-bond donors (Lipinski definition) is 0. The van der Waals surface area contributed by atoms with Crippen LogP contribution >= 0.6 is 15.9 Å². The number of rotatable bonds is 0. The zero-order chi connectivity index (χ0) is 14.7. The number of fused-ring (bicyclic) bond motifs is 8. The Balaban J connectivity index is 2.24. The van der Waals surface area contributed by atoms with Crippen LogP contribution in [-0.4, -0.2) is 0 Å². The molecule has 0 N–H and O–H groups in total. The second-order valence-electron chi connectivity index (χ2n) is 5.51. The summed E-state index contributed by atoms with van der Waals surface area (Å²) in [4.78, 5) is 0. The summed E-state index contributed by atoms with van der Waals surface area (Å²) in [5, 5.41) is 7.28. The summed E-state index contributed by atoms with van der Waals surface area (Å²) in [5.74, 6) is 0. The van der Waals surface area contributed by atoms with Gasteiger partial charge in [-0.15, -0.1) is 0 Å². The van der Waals surface area contributed by atoms with Crippen molar-refractivity contribution in [1.29, 1.82) is 0 Å². The van der Waals surface area contributed by atoms with E-state index in [9.17, 15) is 0 Å². The predicted molar refractivity (Wildman–Crippen MR) is 96.4 cm³/mol. The molecule has 1 nitrogen and oxygen atoms in total. The molecule has 0 radical (unpaired) electrons. The quantitative estimate of drug-likeness (QED) is 0.286. The van der Waals surface area contributed by atoms with Gasteiger partial charge < -0.3 is 4.42 Å². The Hall–Kier alpha value is -2.32. The highest BCUT2D eigenvalue weighted by Gasteiger charge is 2.16. The first kappa shape index (κ1) is 12.2. The van der Waals surface area contributed by atoms with Gasteiger partial charge in [-0.05, 0) is 38.2 Å². The lowest BCUT2D eigenvalue weighted by Crippen LogP contribution is -1.79. The molecule has 0 aliphatic heterocycles. The first-order valence-electron chi connectivity index (χ1n) is 7.25. The Morgan fingerprint density at radius 1 is 0.545 bits per heavy atom. The van der Waals surface area contributed by atoms with Crippen LogP contribution in [0.15, 0.2) is 75.6 Å². The highest BCUT2D eigenvalue weighted by molar-refractivity contribution is 9.10. The van der Waals surface area contributed by atoms with Crippen molar-refractivity contribution in [2.24, 2.45) is 0 Å². The fourth-order valence-corrected chi connectivity index (χ4v) is 3.84. The van der Waals surface area contributed by atoms with Crippen LogP contribution in [0.4, 0.5) is 0 Å². The molecule has 5 rings (SSSR count). The lowest BCUT2D eigenvalue weighted by atomic mass is 9.97. The van der Waals surface area contributed by atoms with E-state index in [1.165, 1.54) is 26.9 Å². The van der Waals surface area contributed by atoms with E-state index in [1.807, 2.05) is 6.07 Å². The Morgan fingerprint density at radius 3 is 1.91 bits per heavy atom. The molecule has 0 amide bonds. The smallest absolute Gasteiger partial charge is 0.149 e. The average molecular weight is 347 g/mol. The minimum absolute atomic E-state index is 0.916. The molecule has 0 spiro atoms. The zero-order valence-corrected chi connectivity index (χ0v) is 13.2. The van der Waals surface area contributed by atoms with Crippen LogP contribution in [-0.2, 0) is 0 Å². The van der Waals surface area contributed by atoms with Crippen LogP contribution in [0, 0.1) is 0 Å². The van der Waals surface area contributed by atoms with Gasteiger partial charge >= 0.3 is 0 Å². The molecule has 0 saturated carbocycles. The topological polar surface area (TPSA) is 13.1 Å². The van der Waals surface area contributed by atoms with Gasteiger partial charge in [0.25, 0.3) is 0 Å². The van der Waals surface area contributed by atoms with Gasteiger partial charge in [-0.2, -0.15) is 0 Å². The van der Waals surface area contributed by atoms with Gasteiger partial charge in [0.05, 0.1) is 4.47 Å². The van der Waals surface area contributed by atoms with Crippen LogP contribution in [0.3, 0.4) is 0 Å². The van der Waals surface area contributed by atoms with Crippen molar-refractivity contribution >= 4 is 59.4 Å². The molecule has 0 aliphatic carbocycles. The highest BCUT2D eigenvalue weighted by atomic mass is 79.9. The first-order valence-corrected chi connectivity index (χ1v) is 8.04. The van der Waals surface area contributed by atoms with E-state index in [-0.39, 0.29) is 0 Å². The van der Waals surface area contributed by atoms with Crippen LogP contribution in [0.5, 0.6) is 0 Å². The normalized spacial score (nSPS) is 11.9. The third kappa shape index (κ3) is 1.48. The lowest BCUT2D eigenvalue weighted by molar-refractivity contribution is 0.670.